The molecule has 0 saturated heterocycles. The Morgan fingerprint density at radius 3 is 2.62 bits per heavy atom. The smallest absolute Gasteiger partial charge is 0.220 e. The first kappa shape index (κ1) is 16.8. The monoisotopic (exact) mass is 293 g/mol. The Morgan fingerprint density at radius 2 is 2.10 bits per heavy atom. The van der Waals surface area contributed by atoms with E-state index in [1.807, 2.05) is 31.2 Å². The summed E-state index contributed by atoms with van der Waals surface area (Å²) in [4.78, 5) is 11.9. The molecule has 116 valence electrons. The summed E-state index contributed by atoms with van der Waals surface area (Å²) in [6.07, 6.45) is 2.14. The second-order valence-electron chi connectivity index (χ2n) is 4.82. The van der Waals surface area contributed by atoms with Gasteiger partial charge < -0.3 is 21.0 Å². The summed E-state index contributed by atoms with van der Waals surface area (Å²) >= 11 is 0. The predicted octanol–water partition coefficient (Wildman–Crippen LogP) is 1.66. The standard InChI is InChI=1S/C15H23N3O3/c1-3-12(10-14(16)18-20)17-15(19)9-6-11-4-7-13(21-2)8-5-11/h4-5,7-8,12,20H,3,6,9-10H2,1-2H3,(H2,16,18)(H,17,19). The maximum Gasteiger partial charge on any atom is 0.220 e. The number of nitrogens with zero attached hydrogens (tertiary/aromatic N) is 1. The Bertz CT molecular complexity index is 472. The zero-order chi connectivity index (χ0) is 15.7. The summed E-state index contributed by atoms with van der Waals surface area (Å²) in [7, 11) is 1.62. The van der Waals surface area contributed by atoms with Crippen molar-refractivity contribution < 1.29 is 14.7 Å². The topological polar surface area (TPSA) is 96.9 Å². The Morgan fingerprint density at radius 1 is 1.43 bits per heavy atom. The highest BCUT2D eigenvalue weighted by Crippen LogP contribution is 2.12. The molecule has 0 saturated carbocycles. The number of benzene rings is 1. The van der Waals surface area contributed by atoms with E-state index in [0.717, 1.165) is 17.7 Å². The van der Waals surface area contributed by atoms with Gasteiger partial charge in [-0.05, 0) is 30.5 Å². The molecule has 0 aromatic heterocycles. The van der Waals surface area contributed by atoms with Crippen molar-refractivity contribution in [3.8, 4) is 5.75 Å². The van der Waals surface area contributed by atoms with Gasteiger partial charge in [0.15, 0.2) is 0 Å². The van der Waals surface area contributed by atoms with E-state index in [4.69, 9.17) is 15.7 Å². The lowest BCUT2D eigenvalue weighted by Gasteiger charge is -2.16. The molecule has 0 radical (unpaired) electrons. The number of carbonyl (C=O) groups excluding carboxylic acids is 1. The molecule has 0 aliphatic carbocycles. The quantitative estimate of drug-likeness (QED) is 0.294. The third-order valence-corrected chi connectivity index (χ3v) is 3.24. The number of nitrogens with two attached hydrogens (primary N) is 1. The molecule has 1 atom stereocenters. The van der Waals surface area contributed by atoms with Crippen molar-refractivity contribution in [2.75, 3.05) is 7.11 Å². The van der Waals surface area contributed by atoms with Crippen molar-refractivity contribution in [3.05, 3.63) is 29.8 Å². The van der Waals surface area contributed by atoms with Gasteiger partial charge in [-0.1, -0.05) is 24.2 Å². The van der Waals surface area contributed by atoms with Crippen LogP contribution in [0.5, 0.6) is 5.75 Å². The minimum atomic E-state index is -0.107. The van der Waals surface area contributed by atoms with E-state index < -0.39 is 0 Å². The lowest BCUT2D eigenvalue weighted by molar-refractivity contribution is -0.121. The zero-order valence-electron chi connectivity index (χ0n) is 12.5. The molecule has 1 rings (SSSR count). The highest BCUT2D eigenvalue weighted by molar-refractivity contribution is 5.82. The van der Waals surface area contributed by atoms with E-state index in [0.29, 0.717) is 19.3 Å². The second-order valence-corrected chi connectivity index (χ2v) is 4.82. The fraction of sp³-hybridized carbons (Fsp3) is 0.467. The van der Waals surface area contributed by atoms with Crippen LogP contribution in [0.25, 0.3) is 0 Å². The summed E-state index contributed by atoms with van der Waals surface area (Å²) in [5.41, 5.74) is 6.53. The Hall–Kier alpha value is -2.24. The fourth-order valence-corrected chi connectivity index (χ4v) is 1.94. The summed E-state index contributed by atoms with van der Waals surface area (Å²) in [5.74, 6) is 0.883. The molecule has 0 heterocycles. The van der Waals surface area contributed by atoms with Crippen LogP contribution < -0.4 is 15.8 Å². The van der Waals surface area contributed by atoms with Crippen LogP contribution in [0.4, 0.5) is 0 Å². The van der Waals surface area contributed by atoms with Crippen molar-refractivity contribution in [2.45, 2.75) is 38.6 Å². The van der Waals surface area contributed by atoms with Gasteiger partial charge in [-0.3, -0.25) is 4.79 Å². The van der Waals surface area contributed by atoms with Crippen molar-refractivity contribution in [3.63, 3.8) is 0 Å². The van der Waals surface area contributed by atoms with Gasteiger partial charge in [-0.2, -0.15) is 0 Å². The number of amides is 1. The van der Waals surface area contributed by atoms with Gasteiger partial charge in [0, 0.05) is 18.9 Å². The number of oxime groups is 1. The average molecular weight is 293 g/mol. The first-order valence-corrected chi connectivity index (χ1v) is 6.97. The van der Waals surface area contributed by atoms with Crippen molar-refractivity contribution in [1.82, 2.24) is 5.32 Å². The number of rotatable bonds is 8. The Kier molecular flexibility index (Phi) is 7.08. The van der Waals surface area contributed by atoms with Crippen LogP contribution >= 0.6 is 0 Å². The highest BCUT2D eigenvalue weighted by atomic mass is 16.5. The Balaban J connectivity index is 2.41. The number of amidine groups is 1. The van der Waals surface area contributed by atoms with Gasteiger partial charge >= 0.3 is 0 Å². The molecule has 0 spiro atoms. The molecule has 1 aromatic carbocycles. The summed E-state index contributed by atoms with van der Waals surface area (Å²) in [5, 5.41) is 14.4. The molecule has 1 unspecified atom stereocenters. The first-order chi connectivity index (χ1) is 10.1. The molecule has 1 amide bonds. The van der Waals surface area contributed by atoms with Gasteiger partial charge in [0.1, 0.15) is 11.6 Å². The van der Waals surface area contributed by atoms with Crippen LogP contribution in [0.3, 0.4) is 0 Å². The molecule has 0 aliphatic rings. The lowest BCUT2D eigenvalue weighted by atomic mass is 10.1. The number of hydrogen-bond acceptors (Lipinski definition) is 4. The van der Waals surface area contributed by atoms with Crippen LogP contribution in [0.15, 0.2) is 29.4 Å². The van der Waals surface area contributed by atoms with Gasteiger partial charge in [0.05, 0.1) is 7.11 Å². The minimum absolute atomic E-state index is 0.0385. The van der Waals surface area contributed by atoms with Gasteiger partial charge in [0.2, 0.25) is 5.91 Å². The van der Waals surface area contributed by atoms with Crippen molar-refractivity contribution in [2.24, 2.45) is 10.9 Å². The van der Waals surface area contributed by atoms with Gasteiger partial charge in [-0.25, -0.2) is 0 Å². The van der Waals surface area contributed by atoms with Gasteiger partial charge in [0.25, 0.3) is 0 Å². The maximum atomic E-state index is 11.9. The molecule has 0 fully saturated rings. The summed E-state index contributed by atoms with van der Waals surface area (Å²) in [6, 6.07) is 7.53. The van der Waals surface area contributed by atoms with E-state index in [1.165, 1.54) is 0 Å². The normalized spacial score (nSPS) is 12.8. The lowest BCUT2D eigenvalue weighted by Crippen LogP contribution is -2.37. The minimum Gasteiger partial charge on any atom is -0.497 e. The molecule has 6 nitrogen and oxygen atoms in total. The zero-order valence-corrected chi connectivity index (χ0v) is 12.5. The predicted molar refractivity (Wildman–Crippen MR) is 81.6 cm³/mol. The number of nitrogens with one attached hydrogen (secondary N) is 1. The van der Waals surface area contributed by atoms with E-state index in [-0.39, 0.29) is 17.8 Å². The van der Waals surface area contributed by atoms with Crippen LogP contribution in [0.2, 0.25) is 0 Å². The molecule has 6 heteroatoms. The van der Waals surface area contributed by atoms with Crippen LogP contribution in [-0.2, 0) is 11.2 Å². The van der Waals surface area contributed by atoms with E-state index >= 15 is 0 Å². The number of hydrogen-bond donors (Lipinski definition) is 3. The van der Waals surface area contributed by atoms with Crippen molar-refractivity contribution in [1.29, 1.82) is 0 Å². The van der Waals surface area contributed by atoms with Crippen LogP contribution in [-0.4, -0.2) is 30.1 Å². The third-order valence-electron chi connectivity index (χ3n) is 3.24. The highest BCUT2D eigenvalue weighted by Gasteiger charge is 2.12. The molecule has 0 bridgehead atoms. The molecular formula is C15H23N3O3. The number of ether oxygens (including phenoxy) is 1. The summed E-state index contributed by atoms with van der Waals surface area (Å²) in [6.45, 7) is 1.94. The molecule has 1 aromatic rings. The first-order valence-electron chi connectivity index (χ1n) is 6.97. The number of methoxy groups -OCH3 is 1. The van der Waals surface area contributed by atoms with Gasteiger partial charge in [-0.15, -0.1) is 0 Å². The van der Waals surface area contributed by atoms with Crippen LogP contribution in [0, 0.1) is 0 Å². The maximum absolute atomic E-state index is 11.9. The molecular weight excluding hydrogens is 270 g/mol. The average Bonchev–Trinajstić information content (AvgIpc) is 2.52. The largest absolute Gasteiger partial charge is 0.497 e. The SMILES string of the molecule is CCC(CC(N)=NO)NC(=O)CCc1ccc(OC)cc1. The number of carbonyl (C=O) groups is 1. The fourth-order valence-electron chi connectivity index (χ4n) is 1.94. The van der Waals surface area contributed by atoms with Crippen molar-refractivity contribution >= 4 is 11.7 Å². The van der Waals surface area contributed by atoms with E-state index in [2.05, 4.69) is 10.5 Å². The van der Waals surface area contributed by atoms with E-state index in [1.54, 1.807) is 7.11 Å². The molecule has 0 aliphatic heterocycles. The van der Waals surface area contributed by atoms with E-state index in [9.17, 15) is 4.79 Å². The Labute approximate surface area is 125 Å². The second kappa shape index (κ2) is 8.84. The molecule has 21 heavy (non-hydrogen) atoms. The number of aryl methyl sites for hydroxylation is 1. The third kappa shape index (κ3) is 6.16. The molecule has 4 N–H and O–H groups in total. The van der Waals surface area contributed by atoms with Crippen LogP contribution in [0.1, 0.15) is 31.7 Å². The summed E-state index contributed by atoms with van der Waals surface area (Å²) < 4.78 is 5.09.